The molecule has 1 aromatic carbocycles. The topological polar surface area (TPSA) is 70.1 Å². The average molecular weight is 356 g/mol. The number of aromatic amines is 1. The molecule has 1 atom stereocenters. The summed E-state index contributed by atoms with van der Waals surface area (Å²) in [7, 11) is 0. The van der Waals surface area contributed by atoms with E-state index in [0.717, 1.165) is 36.9 Å². The molecule has 0 radical (unpaired) electrons. The van der Waals surface area contributed by atoms with Crippen LogP contribution in [0.2, 0.25) is 0 Å². The van der Waals surface area contributed by atoms with Crippen LogP contribution in [0.5, 0.6) is 0 Å². The summed E-state index contributed by atoms with van der Waals surface area (Å²) in [5.74, 6) is -0.0958. The number of aromatic nitrogens is 2. The lowest BCUT2D eigenvalue weighted by Crippen LogP contribution is -2.30. The third kappa shape index (κ3) is 3.84. The van der Waals surface area contributed by atoms with Gasteiger partial charge >= 0.3 is 0 Å². The zero-order valence-electron chi connectivity index (χ0n) is 15.5. The fourth-order valence-corrected chi connectivity index (χ4v) is 3.41. The highest BCUT2D eigenvalue weighted by molar-refractivity contribution is 5.94. The number of halogens is 1. The van der Waals surface area contributed by atoms with Gasteiger partial charge in [0.2, 0.25) is 0 Å². The first-order valence-electron chi connectivity index (χ1n) is 9.06. The predicted molar refractivity (Wildman–Crippen MR) is 99.6 cm³/mol. The zero-order chi connectivity index (χ0) is 18.7. The Bertz CT molecular complexity index is 808. The van der Waals surface area contributed by atoms with E-state index in [1.165, 1.54) is 18.3 Å². The Kier molecular flexibility index (Phi) is 5.20. The summed E-state index contributed by atoms with van der Waals surface area (Å²) < 4.78 is 12.9. The minimum Gasteiger partial charge on any atom is -0.281 e. The molecule has 1 amide bonds. The molecule has 1 aliphatic rings. The third-order valence-electron chi connectivity index (χ3n) is 5.63. The number of rotatable bonds is 5. The number of amides is 1. The predicted octanol–water partition coefficient (Wildman–Crippen LogP) is 3.85. The Labute approximate surface area is 153 Å². The second-order valence-corrected chi connectivity index (χ2v) is 7.56. The van der Waals surface area contributed by atoms with Gasteiger partial charge in [-0.15, -0.1) is 0 Å². The summed E-state index contributed by atoms with van der Waals surface area (Å²) in [5.41, 5.74) is 5.96. The Morgan fingerprint density at radius 1 is 1.42 bits per heavy atom. The average Bonchev–Trinajstić information content (AvgIpc) is 3.06. The Morgan fingerprint density at radius 3 is 2.85 bits per heavy atom. The van der Waals surface area contributed by atoms with Crippen molar-refractivity contribution in [3.63, 3.8) is 0 Å². The number of aryl methyl sites for hydroxylation is 1. The lowest BCUT2D eigenvalue weighted by Gasteiger charge is -2.36. The maximum Gasteiger partial charge on any atom is 0.292 e. The van der Waals surface area contributed by atoms with Gasteiger partial charge in [0.1, 0.15) is 5.82 Å². The van der Waals surface area contributed by atoms with Crippen LogP contribution in [0.25, 0.3) is 0 Å². The number of carbonyl (C=O) groups is 1. The van der Waals surface area contributed by atoms with Crippen molar-refractivity contribution in [2.24, 2.45) is 16.4 Å². The molecule has 0 fully saturated rings. The molecule has 26 heavy (non-hydrogen) atoms. The lowest BCUT2D eigenvalue weighted by molar-refractivity contribution is 0.0947. The summed E-state index contributed by atoms with van der Waals surface area (Å²) in [6.07, 6.45) is 5.48. The molecule has 6 heteroatoms. The number of hydrogen-bond donors (Lipinski definition) is 2. The van der Waals surface area contributed by atoms with Crippen molar-refractivity contribution in [3.8, 4) is 0 Å². The third-order valence-corrected chi connectivity index (χ3v) is 5.63. The number of hydrazone groups is 1. The summed E-state index contributed by atoms with van der Waals surface area (Å²) in [5, 5.41) is 11.2. The molecular formula is C20H25FN4O. The maximum atomic E-state index is 12.9. The van der Waals surface area contributed by atoms with E-state index in [0.29, 0.717) is 17.2 Å². The van der Waals surface area contributed by atoms with Crippen LogP contribution in [0.15, 0.2) is 29.4 Å². The summed E-state index contributed by atoms with van der Waals surface area (Å²) >= 11 is 0. The second-order valence-electron chi connectivity index (χ2n) is 7.56. The van der Waals surface area contributed by atoms with Crippen LogP contribution in [0, 0.1) is 17.2 Å². The van der Waals surface area contributed by atoms with E-state index in [4.69, 9.17) is 0 Å². The molecule has 1 heterocycles. The van der Waals surface area contributed by atoms with Crippen LogP contribution >= 0.6 is 0 Å². The minimum absolute atomic E-state index is 0.240. The van der Waals surface area contributed by atoms with Crippen molar-refractivity contribution >= 4 is 12.1 Å². The SMILES string of the molecule is CCC(C)(C)[C@H]1CCc2[nH]nc(C(=O)N/N=C/c3ccc(F)cc3)c2C1. The van der Waals surface area contributed by atoms with Crippen LogP contribution in [0.1, 0.15) is 60.9 Å². The van der Waals surface area contributed by atoms with Crippen LogP contribution < -0.4 is 5.43 Å². The van der Waals surface area contributed by atoms with Gasteiger partial charge in [-0.1, -0.05) is 39.3 Å². The molecule has 1 aliphatic carbocycles. The van der Waals surface area contributed by atoms with Gasteiger partial charge in [0.25, 0.3) is 5.91 Å². The molecular weight excluding hydrogens is 331 g/mol. The van der Waals surface area contributed by atoms with Crippen LogP contribution in [0.4, 0.5) is 4.39 Å². The fraction of sp³-hybridized carbons (Fsp3) is 0.450. The van der Waals surface area contributed by atoms with Crippen molar-refractivity contribution in [2.75, 3.05) is 0 Å². The number of carbonyl (C=O) groups excluding carboxylic acids is 1. The summed E-state index contributed by atoms with van der Waals surface area (Å²) in [6.45, 7) is 6.79. The highest BCUT2D eigenvalue weighted by Gasteiger charge is 2.34. The molecule has 0 bridgehead atoms. The molecule has 2 aromatic rings. The normalized spacial score (nSPS) is 17.3. The van der Waals surface area contributed by atoms with E-state index in [-0.39, 0.29) is 17.1 Å². The van der Waals surface area contributed by atoms with E-state index in [2.05, 4.69) is 41.5 Å². The lowest BCUT2D eigenvalue weighted by atomic mass is 9.69. The van der Waals surface area contributed by atoms with E-state index >= 15 is 0 Å². The van der Waals surface area contributed by atoms with Gasteiger partial charge in [0, 0.05) is 11.3 Å². The van der Waals surface area contributed by atoms with Gasteiger partial charge in [-0.2, -0.15) is 10.2 Å². The fourth-order valence-electron chi connectivity index (χ4n) is 3.41. The second kappa shape index (κ2) is 7.40. The van der Waals surface area contributed by atoms with Crippen molar-refractivity contribution in [1.29, 1.82) is 0 Å². The molecule has 138 valence electrons. The Morgan fingerprint density at radius 2 is 2.15 bits per heavy atom. The number of nitrogens with zero attached hydrogens (tertiary/aromatic N) is 2. The molecule has 3 rings (SSSR count). The zero-order valence-corrected chi connectivity index (χ0v) is 15.5. The van der Waals surface area contributed by atoms with Crippen LogP contribution in [-0.4, -0.2) is 22.3 Å². The van der Waals surface area contributed by atoms with E-state index < -0.39 is 0 Å². The standard InChI is InChI=1S/C20H25FN4O/c1-4-20(2,3)14-7-10-17-16(11-14)18(24-23-17)19(26)25-22-12-13-5-8-15(21)9-6-13/h5-6,8-9,12,14H,4,7,10-11H2,1-3H3,(H,23,24)(H,25,26)/b22-12+/t14-/m0/s1. The molecule has 1 aromatic heterocycles. The molecule has 0 unspecified atom stereocenters. The monoisotopic (exact) mass is 356 g/mol. The quantitative estimate of drug-likeness (QED) is 0.631. The van der Waals surface area contributed by atoms with Crippen LogP contribution in [-0.2, 0) is 12.8 Å². The van der Waals surface area contributed by atoms with Gasteiger partial charge in [0.15, 0.2) is 5.69 Å². The maximum absolute atomic E-state index is 12.9. The van der Waals surface area contributed by atoms with Gasteiger partial charge in [-0.05, 0) is 48.3 Å². The number of fused-ring (bicyclic) bond motifs is 1. The van der Waals surface area contributed by atoms with Crippen molar-refractivity contribution in [2.45, 2.75) is 46.5 Å². The highest BCUT2D eigenvalue weighted by Crippen LogP contribution is 2.40. The summed E-state index contributed by atoms with van der Waals surface area (Å²) in [4.78, 5) is 12.5. The van der Waals surface area contributed by atoms with E-state index in [1.807, 2.05) is 0 Å². The van der Waals surface area contributed by atoms with E-state index in [9.17, 15) is 9.18 Å². The number of hydrogen-bond acceptors (Lipinski definition) is 3. The molecule has 5 nitrogen and oxygen atoms in total. The largest absolute Gasteiger partial charge is 0.292 e. The molecule has 2 N–H and O–H groups in total. The Balaban J connectivity index is 1.70. The molecule has 0 aliphatic heterocycles. The van der Waals surface area contributed by atoms with Crippen molar-refractivity contribution in [1.82, 2.24) is 15.6 Å². The van der Waals surface area contributed by atoms with Crippen molar-refractivity contribution in [3.05, 3.63) is 52.6 Å². The number of benzene rings is 1. The molecule has 0 saturated heterocycles. The number of nitrogens with one attached hydrogen (secondary N) is 2. The van der Waals surface area contributed by atoms with Gasteiger partial charge in [-0.25, -0.2) is 9.82 Å². The highest BCUT2D eigenvalue weighted by atomic mass is 19.1. The van der Waals surface area contributed by atoms with E-state index in [1.54, 1.807) is 12.1 Å². The van der Waals surface area contributed by atoms with Crippen molar-refractivity contribution < 1.29 is 9.18 Å². The first kappa shape index (κ1) is 18.3. The van der Waals surface area contributed by atoms with Gasteiger partial charge in [-0.3, -0.25) is 9.89 Å². The first-order valence-corrected chi connectivity index (χ1v) is 9.06. The van der Waals surface area contributed by atoms with Gasteiger partial charge in [0.05, 0.1) is 6.21 Å². The smallest absolute Gasteiger partial charge is 0.281 e. The minimum atomic E-state index is -0.323. The number of H-pyrrole nitrogens is 1. The molecule has 0 spiro atoms. The first-order chi connectivity index (χ1) is 12.4. The summed E-state index contributed by atoms with van der Waals surface area (Å²) in [6, 6.07) is 5.89. The van der Waals surface area contributed by atoms with Crippen LogP contribution in [0.3, 0.4) is 0 Å². The Hall–Kier alpha value is -2.50. The molecule has 0 saturated carbocycles. The van der Waals surface area contributed by atoms with Gasteiger partial charge < -0.3 is 0 Å².